The van der Waals surface area contributed by atoms with Crippen molar-refractivity contribution in [3.8, 4) is 11.1 Å². The third kappa shape index (κ3) is 4.90. The quantitative estimate of drug-likeness (QED) is 0.606. The summed E-state index contributed by atoms with van der Waals surface area (Å²) in [6.45, 7) is 8.69. The van der Waals surface area contributed by atoms with Crippen molar-refractivity contribution in [1.29, 1.82) is 0 Å². The molecule has 5 rings (SSSR count). The molecule has 3 aromatic rings. The molecule has 172 valence electrons. The number of carbonyl (C=O) groups excluding carboxylic acids is 1. The highest BCUT2D eigenvalue weighted by Crippen LogP contribution is 2.31. The Morgan fingerprint density at radius 3 is 2.55 bits per heavy atom. The highest BCUT2D eigenvalue weighted by atomic mass is 16.2. The van der Waals surface area contributed by atoms with Gasteiger partial charge in [0.15, 0.2) is 5.82 Å². The summed E-state index contributed by atoms with van der Waals surface area (Å²) in [5, 5.41) is 19.3. The van der Waals surface area contributed by atoms with Crippen LogP contribution in [-0.2, 0) is 11.3 Å². The number of carbonyl (C=O) groups is 1. The van der Waals surface area contributed by atoms with Crippen molar-refractivity contribution in [3.05, 3.63) is 54.5 Å². The molecule has 2 N–H and O–H groups in total. The molecule has 2 fully saturated rings. The predicted octanol–water partition coefficient (Wildman–Crippen LogP) is 3.11. The Labute approximate surface area is 194 Å². The molecule has 1 amide bonds. The van der Waals surface area contributed by atoms with Crippen LogP contribution in [0.2, 0.25) is 0 Å². The third-order valence-corrected chi connectivity index (χ3v) is 6.83. The first-order chi connectivity index (χ1) is 16.0. The van der Waals surface area contributed by atoms with E-state index in [0.717, 1.165) is 48.0 Å². The summed E-state index contributed by atoms with van der Waals surface area (Å²) in [5.41, 5.74) is 4.19. The molecule has 4 heterocycles. The van der Waals surface area contributed by atoms with Gasteiger partial charge in [0, 0.05) is 37.1 Å². The lowest BCUT2D eigenvalue weighted by molar-refractivity contribution is -0.120. The van der Waals surface area contributed by atoms with Crippen LogP contribution >= 0.6 is 0 Å². The van der Waals surface area contributed by atoms with Crippen LogP contribution in [-0.4, -0.2) is 52.1 Å². The summed E-state index contributed by atoms with van der Waals surface area (Å²) in [6.07, 6.45) is 6.40. The molecule has 0 unspecified atom stereocenters. The summed E-state index contributed by atoms with van der Waals surface area (Å²) >= 11 is 0. The number of piperidine rings is 1. The predicted molar refractivity (Wildman–Crippen MR) is 129 cm³/mol. The molecule has 0 bridgehead atoms. The molecular formula is C25H31N7O. The first-order valence-corrected chi connectivity index (χ1v) is 11.7. The van der Waals surface area contributed by atoms with Gasteiger partial charge in [-0.1, -0.05) is 19.1 Å². The SMILES string of the molecule is Cc1ccc(N2CC(C(=O)Nc3ccc(-c4cnn(CC5(C)CCNCC5)c4)cc3)C2)nn1. The molecule has 0 radical (unpaired) electrons. The van der Waals surface area contributed by atoms with E-state index in [1.54, 1.807) is 0 Å². The van der Waals surface area contributed by atoms with Crippen LogP contribution in [0.4, 0.5) is 11.5 Å². The normalized spacial score (nSPS) is 18.1. The molecule has 8 heteroatoms. The van der Waals surface area contributed by atoms with Gasteiger partial charge in [0.25, 0.3) is 0 Å². The molecule has 2 aliphatic rings. The van der Waals surface area contributed by atoms with Gasteiger partial charge in [0.1, 0.15) is 0 Å². The molecule has 0 spiro atoms. The maximum atomic E-state index is 12.6. The maximum absolute atomic E-state index is 12.6. The minimum atomic E-state index is -0.0395. The topological polar surface area (TPSA) is 88.0 Å². The number of amides is 1. The molecule has 0 saturated carbocycles. The van der Waals surface area contributed by atoms with E-state index in [1.807, 2.05) is 49.5 Å². The summed E-state index contributed by atoms with van der Waals surface area (Å²) < 4.78 is 2.07. The first kappa shape index (κ1) is 21.6. The molecule has 33 heavy (non-hydrogen) atoms. The largest absolute Gasteiger partial charge is 0.353 e. The second-order valence-electron chi connectivity index (χ2n) is 9.69. The standard InChI is InChI=1S/C25H31N7O/c1-18-3-8-23(30-29-18)31-14-21(15-31)24(33)28-22-6-4-19(5-7-22)20-13-27-32(16-20)17-25(2)9-11-26-12-10-25/h3-8,13,16,21,26H,9-12,14-15,17H2,1-2H3,(H,28,33). The second kappa shape index (κ2) is 8.94. The molecule has 2 aromatic heterocycles. The number of hydrogen-bond donors (Lipinski definition) is 2. The van der Waals surface area contributed by atoms with E-state index in [0.29, 0.717) is 18.5 Å². The molecule has 2 saturated heterocycles. The first-order valence-electron chi connectivity index (χ1n) is 11.7. The molecule has 2 aliphatic heterocycles. The van der Waals surface area contributed by atoms with Crippen molar-refractivity contribution in [2.45, 2.75) is 33.2 Å². The number of nitrogens with zero attached hydrogens (tertiary/aromatic N) is 5. The van der Waals surface area contributed by atoms with Crippen LogP contribution in [0.25, 0.3) is 11.1 Å². The zero-order valence-electron chi connectivity index (χ0n) is 19.3. The minimum absolute atomic E-state index is 0.0395. The summed E-state index contributed by atoms with van der Waals surface area (Å²) in [4.78, 5) is 14.7. The van der Waals surface area contributed by atoms with Crippen molar-refractivity contribution in [2.75, 3.05) is 36.4 Å². The van der Waals surface area contributed by atoms with Crippen LogP contribution in [0.3, 0.4) is 0 Å². The second-order valence-corrected chi connectivity index (χ2v) is 9.69. The average molecular weight is 446 g/mol. The Hall–Kier alpha value is -3.26. The molecule has 8 nitrogen and oxygen atoms in total. The van der Waals surface area contributed by atoms with E-state index in [2.05, 4.69) is 48.6 Å². The maximum Gasteiger partial charge on any atom is 0.231 e. The Morgan fingerprint density at radius 1 is 1.09 bits per heavy atom. The van der Waals surface area contributed by atoms with Crippen molar-refractivity contribution in [3.63, 3.8) is 0 Å². The lowest BCUT2D eigenvalue weighted by Crippen LogP contribution is -2.52. The van der Waals surface area contributed by atoms with E-state index in [-0.39, 0.29) is 11.8 Å². The van der Waals surface area contributed by atoms with E-state index >= 15 is 0 Å². The highest BCUT2D eigenvalue weighted by Gasteiger charge is 2.33. The van der Waals surface area contributed by atoms with Gasteiger partial charge in [0.2, 0.25) is 5.91 Å². The molecule has 0 aliphatic carbocycles. The summed E-state index contributed by atoms with van der Waals surface area (Å²) in [5.74, 6) is 0.827. The summed E-state index contributed by atoms with van der Waals surface area (Å²) in [7, 11) is 0. The molecular weight excluding hydrogens is 414 g/mol. The van der Waals surface area contributed by atoms with Gasteiger partial charge in [-0.15, -0.1) is 5.10 Å². The molecule has 1 aromatic carbocycles. The van der Waals surface area contributed by atoms with Crippen LogP contribution in [0.1, 0.15) is 25.5 Å². The Kier molecular flexibility index (Phi) is 5.85. The van der Waals surface area contributed by atoms with E-state index in [9.17, 15) is 4.79 Å². The van der Waals surface area contributed by atoms with Crippen LogP contribution in [0, 0.1) is 18.3 Å². The summed E-state index contributed by atoms with van der Waals surface area (Å²) in [6, 6.07) is 11.9. The van der Waals surface area contributed by atoms with E-state index in [1.165, 1.54) is 12.8 Å². The number of anilines is 2. The Balaban J connectivity index is 1.15. The van der Waals surface area contributed by atoms with Crippen molar-refractivity contribution in [1.82, 2.24) is 25.3 Å². The Morgan fingerprint density at radius 2 is 1.85 bits per heavy atom. The van der Waals surface area contributed by atoms with Crippen molar-refractivity contribution >= 4 is 17.4 Å². The van der Waals surface area contributed by atoms with Gasteiger partial charge >= 0.3 is 0 Å². The number of nitrogens with one attached hydrogen (secondary N) is 2. The number of hydrogen-bond acceptors (Lipinski definition) is 6. The average Bonchev–Trinajstić information content (AvgIpc) is 3.23. The number of benzene rings is 1. The fraction of sp³-hybridized carbons (Fsp3) is 0.440. The Bertz CT molecular complexity index is 1090. The zero-order chi connectivity index (χ0) is 22.8. The van der Waals surface area contributed by atoms with Gasteiger partial charge in [-0.2, -0.15) is 10.2 Å². The fourth-order valence-electron chi connectivity index (χ4n) is 4.56. The third-order valence-electron chi connectivity index (χ3n) is 6.83. The number of rotatable bonds is 6. The highest BCUT2D eigenvalue weighted by molar-refractivity contribution is 5.94. The van der Waals surface area contributed by atoms with Gasteiger partial charge < -0.3 is 15.5 Å². The number of aromatic nitrogens is 4. The lowest BCUT2D eigenvalue weighted by Gasteiger charge is -2.38. The molecule has 0 atom stereocenters. The van der Waals surface area contributed by atoms with Crippen LogP contribution in [0.15, 0.2) is 48.8 Å². The lowest BCUT2D eigenvalue weighted by atomic mass is 9.81. The van der Waals surface area contributed by atoms with Gasteiger partial charge in [-0.25, -0.2) is 0 Å². The van der Waals surface area contributed by atoms with Crippen LogP contribution < -0.4 is 15.5 Å². The van der Waals surface area contributed by atoms with E-state index in [4.69, 9.17) is 0 Å². The monoisotopic (exact) mass is 445 g/mol. The fourth-order valence-corrected chi connectivity index (χ4v) is 4.56. The van der Waals surface area contributed by atoms with Gasteiger partial charge in [-0.3, -0.25) is 9.48 Å². The number of aryl methyl sites for hydroxylation is 1. The van der Waals surface area contributed by atoms with Gasteiger partial charge in [0.05, 0.1) is 17.8 Å². The van der Waals surface area contributed by atoms with E-state index < -0.39 is 0 Å². The van der Waals surface area contributed by atoms with Crippen molar-refractivity contribution in [2.24, 2.45) is 11.3 Å². The minimum Gasteiger partial charge on any atom is -0.353 e. The van der Waals surface area contributed by atoms with Gasteiger partial charge in [-0.05, 0) is 68.1 Å². The zero-order valence-corrected chi connectivity index (χ0v) is 19.3. The smallest absolute Gasteiger partial charge is 0.231 e. The van der Waals surface area contributed by atoms with Crippen molar-refractivity contribution < 1.29 is 4.79 Å². The van der Waals surface area contributed by atoms with Crippen LogP contribution in [0.5, 0.6) is 0 Å².